The average molecular weight is 255 g/mol. The van der Waals surface area contributed by atoms with E-state index in [1.807, 2.05) is 18.2 Å². The average Bonchev–Trinajstić information content (AvgIpc) is 2.36. The maximum absolute atomic E-state index is 11.2. The largest absolute Gasteiger partial charge is 0.497 e. The second kappa shape index (κ2) is 6.97. The van der Waals surface area contributed by atoms with Gasteiger partial charge in [-0.2, -0.15) is 0 Å². The van der Waals surface area contributed by atoms with Crippen molar-refractivity contribution in [3.8, 4) is 5.75 Å². The molecule has 0 saturated carbocycles. The van der Waals surface area contributed by atoms with Crippen molar-refractivity contribution in [2.45, 2.75) is 12.8 Å². The highest BCUT2D eigenvalue weighted by molar-refractivity contribution is 6.17. The highest BCUT2D eigenvalue weighted by Gasteiger charge is 2.02. The standard InChI is InChI=1S/C13H15ClO3/c1-3-17-13(15)7-5-10-4-6-12(16-2)8-11(10)9-14/h4-8H,3,9H2,1-2H3/b7-5-. The van der Waals surface area contributed by atoms with Gasteiger partial charge < -0.3 is 9.47 Å². The predicted octanol–water partition coefficient (Wildman–Crippen LogP) is 3.01. The SMILES string of the molecule is CCOC(=O)/C=C\c1ccc(OC)cc1CCl. The predicted molar refractivity (Wildman–Crippen MR) is 68.2 cm³/mol. The van der Waals surface area contributed by atoms with E-state index in [1.165, 1.54) is 6.08 Å². The molecule has 92 valence electrons. The van der Waals surface area contributed by atoms with Crippen LogP contribution in [0.4, 0.5) is 0 Å². The molecule has 0 atom stereocenters. The lowest BCUT2D eigenvalue weighted by atomic mass is 10.1. The Labute approximate surface area is 106 Å². The number of hydrogen-bond acceptors (Lipinski definition) is 3. The molecule has 0 unspecified atom stereocenters. The Morgan fingerprint density at radius 2 is 2.24 bits per heavy atom. The van der Waals surface area contributed by atoms with E-state index in [-0.39, 0.29) is 5.97 Å². The van der Waals surface area contributed by atoms with Crippen molar-refractivity contribution < 1.29 is 14.3 Å². The number of halogens is 1. The van der Waals surface area contributed by atoms with Crippen LogP contribution < -0.4 is 4.74 Å². The molecule has 0 aliphatic rings. The summed E-state index contributed by atoms with van der Waals surface area (Å²) in [7, 11) is 1.60. The summed E-state index contributed by atoms with van der Waals surface area (Å²) in [6.45, 7) is 2.14. The number of rotatable bonds is 5. The minimum atomic E-state index is -0.358. The van der Waals surface area contributed by atoms with Gasteiger partial charge in [0.1, 0.15) is 5.75 Å². The van der Waals surface area contributed by atoms with Crippen molar-refractivity contribution in [2.24, 2.45) is 0 Å². The van der Waals surface area contributed by atoms with Crippen LogP contribution in [0.3, 0.4) is 0 Å². The van der Waals surface area contributed by atoms with Crippen molar-refractivity contribution in [3.05, 3.63) is 35.4 Å². The van der Waals surface area contributed by atoms with Crippen molar-refractivity contribution in [3.63, 3.8) is 0 Å². The Hall–Kier alpha value is -1.48. The molecule has 0 aromatic heterocycles. The van der Waals surface area contributed by atoms with Gasteiger partial charge in [0.2, 0.25) is 0 Å². The van der Waals surface area contributed by atoms with E-state index < -0.39 is 0 Å². The molecule has 0 fully saturated rings. The first-order valence-corrected chi connectivity index (χ1v) is 5.82. The van der Waals surface area contributed by atoms with Crippen LogP contribution in [0.2, 0.25) is 0 Å². The van der Waals surface area contributed by atoms with Gasteiger partial charge in [0.15, 0.2) is 0 Å². The molecule has 0 amide bonds. The molecule has 0 spiro atoms. The van der Waals surface area contributed by atoms with Crippen LogP contribution in [0.15, 0.2) is 24.3 Å². The Bertz CT molecular complexity index is 413. The van der Waals surface area contributed by atoms with Gasteiger partial charge in [0, 0.05) is 12.0 Å². The van der Waals surface area contributed by atoms with E-state index in [2.05, 4.69) is 0 Å². The number of hydrogen-bond donors (Lipinski definition) is 0. The van der Waals surface area contributed by atoms with Gasteiger partial charge in [-0.15, -0.1) is 11.6 Å². The summed E-state index contributed by atoms with van der Waals surface area (Å²) in [6, 6.07) is 5.52. The van der Waals surface area contributed by atoms with Crippen molar-refractivity contribution in [1.82, 2.24) is 0 Å². The van der Waals surface area contributed by atoms with Crippen LogP contribution in [-0.2, 0) is 15.4 Å². The highest BCUT2D eigenvalue weighted by atomic mass is 35.5. The smallest absolute Gasteiger partial charge is 0.330 e. The van der Waals surface area contributed by atoms with E-state index in [0.29, 0.717) is 12.5 Å². The van der Waals surface area contributed by atoms with Gasteiger partial charge in [-0.3, -0.25) is 0 Å². The third kappa shape index (κ3) is 4.11. The number of methoxy groups -OCH3 is 1. The number of alkyl halides is 1. The Kier molecular flexibility index (Phi) is 5.57. The van der Waals surface area contributed by atoms with Gasteiger partial charge in [-0.25, -0.2) is 4.79 Å². The normalized spacial score (nSPS) is 10.5. The first-order valence-electron chi connectivity index (χ1n) is 5.29. The van der Waals surface area contributed by atoms with Crippen molar-refractivity contribution in [2.75, 3.05) is 13.7 Å². The van der Waals surface area contributed by atoms with Crippen molar-refractivity contribution in [1.29, 1.82) is 0 Å². The molecule has 0 saturated heterocycles. The fraction of sp³-hybridized carbons (Fsp3) is 0.308. The Morgan fingerprint density at radius 1 is 1.47 bits per heavy atom. The third-order valence-corrected chi connectivity index (χ3v) is 2.47. The fourth-order valence-electron chi connectivity index (χ4n) is 1.34. The van der Waals surface area contributed by atoms with E-state index in [1.54, 1.807) is 20.1 Å². The molecule has 0 aliphatic heterocycles. The van der Waals surface area contributed by atoms with Crippen LogP contribution in [0.1, 0.15) is 18.1 Å². The van der Waals surface area contributed by atoms with Gasteiger partial charge in [0.05, 0.1) is 13.7 Å². The minimum absolute atomic E-state index is 0.358. The molecule has 0 heterocycles. The summed E-state index contributed by atoms with van der Waals surface area (Å²) in [6.07, 6.45) is 3.08. The van der Waals surface area contributed by atoms with Crippen LogP contribution in [0.5, 0.6) is 5.75 Å². The second-order valence-electron chi connectivity index (χ2n) is 3.28. The molecule has 0 aliphatic carbocycles. The molecule has 0 N–H and O–H groups in total. The second-order valence-corrected chi connectivity index (χ2v) is 3.55. The van der Waals surface area contributed by atoms with E-state index in [9.17, 15) is 4.79 Å². The number of benzene rings is 1. The molecule has 3 nitrogen and oxygen atoms in total. The quantitative estimate of drug-likeness (QED) is 0.460. The van der Waals surface area contributed by atoms with Crippen LogP contribution in [0.25, 0.3) is 6.08 Å². The summed E-state index contributed by atoms with van der Waals surface area (Å²) >= 11 is 5.83. The zero-order valence-corrected chi connectivity index (χ0v) is 10.7. The zero-order valence-electron chi connectivity index (χ0n) is 9.90. The maximum Gasteiger partial charge on any atom is 0.330 e. The first kappa shape index (κ1) is 13.6. The molecule has 1 aromatic carbocycles. The summed E-state index contributed by atoms with van der Waals surface area (Å²) in [5.41, 5.74) is 1.79. The molecular weight excluding hydrogens is 240 g/mol. The lowest BCUT2D eigenvalue weighted by molar-refractivity contribution is -0.137. The van der Waals surface area contributed by atoms with Gasteiger partial charge >= 0.3 is 5.97 Å². The van der Waals surface area contributed by atoms with E-state index >= 15 is 0 Å². The highest BCUT2D eigenvalue weighted by Crippen LogP contribution is 2.20. The number of esters is 1. The number of carbonyl (C=O) groups is 1. The summed E-state index contributed by atoms with van der Waals surface area (Å²) in [5, 5.41) is 0. The van der Waals surface area contributed by atoms with Crippen LogP contribution >= 0.6 is 11.6 Å². The van der Waals surface area contributed by atoms with Gasteiger partial charge in [-0.05, 0) is 36.3 Å². The maximum atomic E-state index is 11.2. The fourth-order valence-corrected chi connectivity index (χ4v) is 1.57. The molecule has 1 aromatic rings. The third-order valence-electron chi connectivity index (χ3n) is 2.18. The number of ether oxygens (including phenoxy) is 2. The van der Waals surface area contributed by atoms with Gasteiger partial charge in [-0.1, -0.05) is 6.07 Å². The Morgan fingerprint density at radius 3 is 2.82 bits per heavy atom. The summed E-state index contributed by atoms with van der Waals surface area (Å²) < 4.78 is 9.90. The van der Waals surface area contributed by atoms with Crippen molar-refractivity contribution >= 4 is 23.6 Å². The summed E-state index contributed by atoms with van der Waals surface area (Å²) in [4.78, 5) is 11.2. The Balaban J connectivity index is 2.87. The van der Waals surface area contributed by atoms with E-state index in [0.717, 1.165) is 16.9 Å². The summed E-state index contributed by atoms with van der Waals surface area (Å²) in [5.74, 6) is 0.748. The van der Waals surface area contributed by atoms with Crippen LogP contribution in [-0.4, -0.2) is 19.7 Å². The topological polar surface area (TPSA) is 35.5 Å². The molecule has 0 radical (unpaired) electrons. The molecule has 4 heteroatoms. The molecule has 1 rings (SSSR count). The monoisotopic (exact) mass is 254 g/mol. The zero-order chi connectivity index (χ0) is 12.7. The number of carbonyl (C=O) groups excluding carboxylic acids is 1. The first-order chi connectivity index (χ1) is 8.21. The van der Waals surface area contributed by atoms with E-state index in [4.69, 9.17) is 21.1 Å². The molecule has 17 heavy (non-hydrogen) atoms. The molecule has 0 bridgehead atoms. The van der Waals surface area contributed by atoms with Crippen LogP contribution in [0, 0.1) is 0 Å². The molecular formula is C13H15ClO3. The lowest BCUT2D eigenvalue weighted by Gasteiger charge is -2.05. The minimum Gasteiger partial charge on any atom is -0.497 e. The lowest BCUT2D eigenvalue weighted by Crippen LogP contribution is -1.99. The van der Waals surface area contributed by atoms with Gasteiger partial charge in [0.25, 0.3) is 0 Å².